The van der Waals surface area contributed by atoms with Crippen molar-refractivity contribution in [3.05, 3.63) is 64.7 Å². The maximum absolute atomic E-state index is 12.9. The molecule has 0 fully saturated rings. The minimum atomic E-state index is -0.664. The molecule has 3 nitrogen and oxygen atoms in total. The normalized spacial score (nSPS) is 11.9. The number of hydrogen-bond acceptors (Lipinski definition) is 2. The molecule has 0 aliphatic heterocycles. The summed E-state index contributed by atoms with van der Waals surface area (Å²) in [6.45, 7) is 1.89. The van der Waals surface area contributed by atoms with Crippen LogP contribution in [0.2, 0.25) is 5.02 Å². The Kier molecular flexibility index (Phi) is 4.69. The van der Waals surface area contributed by atoms with Gasteiger partial charge in [-0.3, -0.25) is 4.79 Å². The first kappa shape index (κ1) is 14.5. The molecule has 1 unspecified atom stereocenters. The van der Waals surface area contributed by atoms with Crippen molar-refractivity contribution in [1.82, 2.24) is 10.3 Å². The molecule has 0 bridgehead atoms. The van der Waals surface area contributed by atoms with E-state index in [0.29, 0.717) is 11.4 Å². The minimum absolute atomic E-state index is 0.0695. The van der Waals surface area contributed by atoms with Crippen LogP contribution in [-0.4, -0.2) is 16.9 Å². The second-order valence-electron chi connectivity index (χ2n) is 4.57. The van der Waals surface area contributed by atoms with Crippen LogP contribution in [0.3, 0.4) is 0 Å². The molecule has 0 aliphatic carbocycles. The van der Waals surface area contributed by atoms with Crippen LogP contribution in [0.5, 0.6) is 0 Å². The molecule has 104 valence electrons. The Hall–Kier alpha value is -1.94. The number of benzene rings is 1. The van der Waals surface area contributed by atoms with E-state index < -0.39 is 5.95 Å². The fraction of sp³-hybridized carbons (Fsp3) is 0.200. The Morgan fingerprint density at radius 1 is 1.35 bits per heavy atom. The highest BCUT2D eigenvalue weighted by Gasteiger charge is 2.11. The van der Waals surface area contributed by atoms with Crippen molar-refractivity contribution in [2.24, 2.45) is 0 Å². The summed E-state index contributed by atoms with van der Waals surface area (Å²) in [5, 5.41) is 3.50. The lowest BCUT2D eigenvalue weighted by atomic mass is 10.1. The molecule has 0 aliphatic rings. The maximum Gasteiger partial charge on any atom is 0.251 e. The minimum Gasteiger partial charge on any atom is -0.349 e. The largest absolute Gasteiger partial charge is 0.349 e. The van der Waals surface area contributed by atoms with E-state index in [4.69, 9.17) is 11.6 Å². The van der Waals surface area contributed by atoms with Crippen LogP contribution in [0, 0.1) is 5.95 Å². The van der Waals surface area contributed by atoms with Crippen LogP contribution < -0.4 is 5.32 Å². The number of hydrogen-bond donors (Lipinski definition) is 1. The Bertz CT molecular complexity index is 601. The number of nitrogens with one attached hydrogen (secondary N) is 1. The summed E-state index contributed by atoms with van der Waals surface area (Å²) in [6, 6.07) is 9.97. The number of carbonyl (C=O) groups is 1. The summed E-state index contributed by atoms with van der Waals surface area (Å²) in [4.78, 5) is 15.3. The Balaban J connectivity index is 1.95. The Labute approximate surface area is 121 Å². The van der Waals surface area contributed by atoms with E-state index in [0.717, 1.165) is 11.6 Å². The number of amides is 1. The van der Waals surface area contributed by atoms with Gasteiger partial charge in [-0.05, 0) is 37.1 Å². The van der Waals surface area contributed by atoms with E-state index >= 15 is 0 Å². The van der Waals surface area contributed by atoms with Crippen molar-refractivity contribution in [2.75, 3.05) is 0 Å². The van der Waals surface area contributed by atoms with Gasteiger partial charge in [0.15, 0.2) is 0 Å². The van der Waals surface area contributed by atoms with E-state index in [9.17, 15) is 9.18 Å². The van der Waals surface area contributed by atoms with Crippen molar-refractivity contribution < 1.29 is 9.18 Å². The number of aromatic nitrogens is 1. The molecule has 0 spiro atoms. The van der Waals surface area contributed by atoms with Crippen LogP contribution in [0.15, 0.2) is 42.6 Å². The first-order valence-corrected chi connectivity index (χ1v) is 6.59. The average molecular weight is 293 g/mol. The lowest BCUT2D eigenvalue weighted by molar-refractivity contribution is 0.0939. The van der Waals surface area contributed by atoms with Crippen LogP contribution in [-0.2, 0) is 6.42 Å². The third-order valence-electron chi connectivity index (χ3n) is 2.82. The molecule has 0 saturated heterocycles. The molecule has 1 aromatic heterocycles. The first-order chi connectivity index (χ1) is 9.54. The molecule has 1 N–H and O–H groups in total. The zero-order chi connectivity index (χ0) is 14.5. The SMILES string of the molecule is CC(Cc1ccc(Cl)cc1)NC(=O)c1ccnc(F)c1. The summed E-state index contributed by atoms with van der Waals surface area (Å²) >= 11 is 5.82. The molecule has 0 radical (unpaired) electrons. The maximum atomic E-state index is 12.9. The van der Waals surface area contributed by atoms with Gasteiger partial charge in [0, 0.05) is 28.9 Å². The van der Waals surface area contributed by atoms with Gasteiger partial charge < -0.3 is 5.32 Å². The lowest BCUT2D eigenvalue weighted by Gasteiger charge is -2.14. The number of halogens is 2. The van der Waals surface area contributed by atoms with Gasteiger partial charge >= 0.3 is 0 Å². The van der Waals surface area contributed by atoms with E-state index in [1.165, 1.54) is 12.3 Å². The molecule has 2 aromatic rings. The first-order valence-electron chi connectivity index (χ1n) is 6.21. The molecule has 1 aromatic carbocycles. The fourth-order valence-corrected chi connectivity index (χ4v) is 2.00. The quantitative estimate of drug-likeness (QED) is 0.879. The second kappa shape index (κ2) is 6.48. The third kappa shape index (κ3) is 4.03. The molecule has 2 rings (SSSR count). The summed E-state index contributed by atoms with van der Waals surface area (Å²) in [5.74, 6) is -0.976. The van der Waals surface area contributed by atoms with Crippen LogP contribution in [0.4, 0.5) is 4.39 Å². The van der Waals surface area contributed by atoms with E-state index in [1.807, 2.05) is 31.2 Å². The fourth-order valence-electron chi connectivity index (χ4n) is 1.88. The van der Waals surface area contributed by atoms with Crippen molar-refractivity contribution >= 4 is 17.5 Å². The molecule has 1 amide bonds. The van der Waals surface area contributed by atoms with Gasteiger partial charge in [0.2, 0.25) is 5.95 Å². The highest BCUT2D eigenvalue weighted by molar-refractivity contribution is 6.30. The number of pyridine rings is 1. The van der Waals surface area contributed by atoms with Crippen LogP contribution >= 0.6 is 11.6 Å². The monoisotopic (exact) mass is 292 g/mol. The third-order valence-corrected chi connectivity index (χ3v) is 3.07. The molecule has 0 saturated carbocycles. The molecule has 1 atom stereocenters. The van der Waals surface area contributed by atoms with E-state index in [1.54, 1.807) is 0 Å². The second-order valence-corrected chi connectivity index (χ2v) is 5.01. The predicted octanol–water partition coefficient (Wildman–Crippen LogP) is 3.24. The van der Waals surface area contributed by atoms with Crippen molar-refractivity contribution in [2.45, 2.75) is 19.4 Å². The summed E-state index contributed by atoms with van der Waals surface area (Å²) in [5.41, 5.74) is 1.34. The van der Waals surface area contributed by atoms with Crippen molar-refractivity contribution in [3.63, 3.8) is 0 Å². The molecular formula is C15H14ClFN2O. The average Bonchev–Trinajstić information content (AvgIpc) is 2.41. The highest BCUT2D eigenvalue weighted by atomic mass is 35.5. The van der Waals surface area contributed by atoms with Crippen LogP contribution in [0.1, 0.15) is 22.8 Å². The van der Waals surface area contributed by atoms with Crippen molar-refractivity contribution in [1.29, 1.82) is 0 Å². The van der Waals surface area contributed by atoms with Crippen LogP contribution in [0.25, 0.3) is 0 Å². The van der Waals surface area contributed by atoms with Gasteiger partial charge in [-0.2, -0.15) is 4.39 Å². The summed E-state index contributed by atoms with van der Waals surface area (Å²) < 4.78 is 12.9. The van der Waals surface area contributed by atoms with Crippen molar-refractivity contribution in [3.8, 4) is 0 Å². The Morgan fingerprint density at radius 3 is 2.70 bits per heavy atom. The molecule has 5 heteroatoms. The Morgan fingerprint density at radius 2 is 2.05 bits per heavy atom. The highest BCUT2D eigenvalue weighted by Crippen LogP contribution is 2.11. The van der Waals surface area contributed by atoms with Gasteiger partial charge in [0.1, 0.15) is 0 Å². The van der Waals surface area contributed by atoms with Gasteiger partial charge in [0.25, 0.3) is 5.91 Å². The van der Waals surface area contributed by atoms with Gasteiger partial charge in [-0.25, -0.2) is 4.98 Å². The summed E-state index contributed by atoms with van der Waals surface area (Å²) in [6.07, 6.45) is 1.95. The van der Waals surface area contributed by atoms with E-state index in [-0.39, 0.29) is 17.5 Å². The lowest BCUT2D eigenvalue weighted by Crippen LogP contribution is -2.34. The number of nitrogens with zero attached hydrogens (tertiary/aromatic N) is 1. The van der Waals surface area contributed by atoms with E-state index in [2.05, 4.69) is 10.3 Å². The molecule has 1 heterocycles. The topological polar surface area (TPSA) is 42.0 Å². The predicted molar refractivity (Wildman–Crippen MR) is 76.3 cm³/mol. The van der Waals surface area contributed by atoms with Gasteiger partial charge in [-0.1, -0.05) is 23.7 Å². The number of carbonyl (C=O) groups excluding carboxylic acids is 1. The van der Waals surface area contributed by atoms with Gasteiger partial charge in [-0.15, -0.1) is 0 Å². The van der Waals surface area contributed by atoms with Gasteiger partial charge in [0.05, 0.1) is 0 Å². The summed E-state index contributed by atoms with van der Waals surface area (Å²) in [7, 11) is 0. The number of rotatable bonds is 4. The smallest absolute Gasteiger partial charge is 0.251 e. The zero-order valence-corrected chi connectivity index (χ0v) is 11.7. The molecular weight excluding hydrogens is 279 g/mol. The standard InChI is InChI=1S/C15H14ClFN2O/c1-10(8-11-2-4-13(16)5-3-11)19-15(20)12-6-7-18-14(17)9-12/h2-7,9-10H,8H2,1H3,(H,19,20). The molecule has 20 heavy (non-hydrogen) atoms. The zero-order valence-electron chi connectivity index (χ0n) is 10.9.